The Morgan fingerprint density at radius 3 is 2.70 bits per heavy atom. The summed E-state index contributed by atoms with van der Waals surface area (Å²) >= 11 is 0. The second-order valence-electron chi connectivity index (χ2n) is 6.39. The highest BCUT2D eigenvalue weighted by atomic mass is 15.1. The van der Waals surface area contributed by atoms with E-state index in [0.717, 1.165) is 25.6 Å². The predicted octanol–water partition coefficient (Wildman–Crippen LogP) is 3.60. The summed E-state index contributed by atoms with van der Waals surface area (Å²) in [6.07, 6.45) is 5.67. The van der Waals surface area contributed by atoms with E-state index in [-0.39, 0.29) is 0 Å². The van der Waals surface area contributed by atoms with Crippen molar-refractivity contribution in [3.8, 4) is 0 Å². The van der Waals surface area contributed by atoms with Gasteiger partial charge in [-0.1, -0.05) is 49.6 Å². The van der Waals surface area contributed by atoms with Gasteiger partial charge in [0.2, 0.25) is 0 Å². The van der Waals surface area contributed by atoms with Crippen LogP contribution in [0, 0.1) is 12.8 Å². The quantitative estimate of drug-likeness (QED) is 0.817. The molecule has 0 aromatic heterocycles. The third-order valence-corrected chi connectivity index (χ3v) is 4.48. The number of benzene rings is 1. The fraction of sp³-hybridized carbons (Fsp3) is 0.667. The molecule has 0 heterocycles. The summed E-state index contributed by atoms with van der Waals surface area (Å²) in [6, 6.07) is 9.54. The van der Waals surface area contributed by atoms with E-state index in [1.807, 2.05) is 0 Å². The van der Waals surface area contributed by atoms with Gasteiger partial charge in [0.25, 0.3) is 0 Å². The fourth-order valence-corrected chi connectivity index (χ4v) is 3.52. The molecule has 0 bridgehead atoms. The molecule has 1 fully saturated rings. The van der Waals surface area contributed by atoms with Gasteiger partial charge in [-0.25, -0.2) is 0 Å². The average molecular weight is 274 g/mol. The second-order valence-corrected chi connectivity index (χ2v) is 6.39. The lowest BCUT2D eigenvalue weighted by Crippen LogP contribution is -2.43. The van der Waals surface area contributed by atoms with Gasteiger partial charge in [0, 0.05) is 19.1 Å². The van der Waals surface area contributed by atoms with Crippen LogP contribution >= 0.6 is 0 Å². The Balaban J connectivity index is 1.88. The van der Waals surface area contributed by atoms with Crippen LogP contribution in [0.5, 0.6) is 0 Å². The predicted molar refractivity (Wildman–Crippen MR) is 86.9 cm³/mol. The standard InChI is InChI=1S/C18H30N2/c1-4-19-18(17-10-5-6-11-17)14-20(3)13-16-9-7-8-15(2)12-16/h7-9,12,17-19H,4-6,10-11,13-14H2,1-3H3. The summed E-state index contributed by atoms with van der Waals surface area (Å²) < 4.78 is 0. The zero-order valence-corrected chi connectivity index (χ0v) is 13.4. The molecule has 1 N–H and O–H groups in total. The number of nitrogens with one attached hydrogen (secondary N) is 1. The Morgan fingerprint density at radius 1 is 1.30 bits per heavy atom. The van der Waals surface area contributed by atoms with E-state index in [4.69, 9.17) is 0 Å². The SMILES string of the molecule is CCNC(CN(C)Cc1cccc(C)c1)C1CCCC1. The van der Waals surface area contributed by atoms with Gasteiger partial charge >= 0.3 is 0 Å². The Bertz CT molecular complexity index is 396. The highest BCUT2D eigenvalue weighted by molar-refractivity contribution is 5.22. The zero-order chi connectivity index (χ0) is 14.4. The molecule has 2 rings (SSSR count). The Morgan fingerprint density at radius 2 is 2.05 bits per heavy atom. The van der Waals surface area contributed by atoms with Gasteiger partial charge in [0.15, 0.2) is 0 Å². The highest BCUT2D eigenvalue weighted by Gasteiger charge is 2.25. The first-order valence-electron chi connectivity index (χ1n) is 8.16. The van der Waals surface area contributed by atoms with Gasteiger partial charge in [-0.3, -0.25) is 0 Å². The lowest BCUT2D eigenvalue weighted by molar-refractivity contribution is 0.237. The molecule has 2 nitrogen and oxygen atoms in total. The van der Waals surface area contributed by atoms with Crippen LogP contribution in [0.3, 0.4) is 0 Å². The monoisotopic (exact) mass is 274 g/mol. The smallest absolute Gasteiger partial charge is 0.0231 e. The highest BCUT2D eigenvalue weighted by Crippen LogP contribution is 2.28. The fourth-order valence-electron chi connectivity index (χ4n) is 3.52. The van der Waals surface area contributed by atoms with E-state index in [1.165, 1.54) is 36.8 Å². The number of rotatable bonds is 7. The normalized spacial score (nSPS) is 17.8. The van der Waals surface area contributed by atoms with Gasteiger partial charge in [0.1, 0.15) is 0 Å². The topological polar surface area (TPSA) is 15.3 Å². The molecule has 0 amide bonds. The van der Waals surface area contributed by atoms with Crippen LogP contribution < -0.4 is 5.32 Å². The molecule has 1 atom stereocenters. The summed E-state index contributed by atoms with van der Waals surface area (Å²) in [4.78, 5) is 2.47. The van der Waals surface area contributed by atoms with Crippen molar-refractivity contribution in [2.45, 2.75) is 52.1 Å². The number of likely N-dealkylation sites (N-methyl/N-ethyl adjacent to an activating group) is 2. The van der Waals surface area contributed by atoms with Gasteiger partial charge in [0.05, 0.1) is 0 Å². The van der Waals surface area contributed by atoms with E-state index < -0.39 is 0 Å². The summed E-state index contributed by atoms with van der Waals surface area (Å²) in [5, 5.41) is 3.71. The molecule has 2 heteroatoms. The van der Waals surface area contributed by atoms with Crippen LogP contribution in [0.25, 0.3) is 0 Å². The van der Waals surface area contributed by atoms with Gasteiger partial charge < -0.3 is 10.2 Å². The zero-order valence-electron chi connectivity index (χ0n) is 13.4. The number of nitrogens with zero attached hydrogens (tertiary/aromatic N) is 1. The minimum atomic E-state index is 0.664. The number of aryl methyl sites for hydroxylation is 1. The molecule has 1 aliphatic rings. The minimum Gasteiger partial charge on any atom is -0.313 e. The van der Waals surface area contributed by atoms with Crippen LogP contribution in [0.1, 0.15) is 43.7 Å². The Hall–Kier alpha value is -0.860. The van der Waals surface area contributed by atoms with Crippen molar-refractivity contribution in [1.29, 1.82) is 0 Å². The van der Waals surface area contributed by atoms with Crippen molar-refractivity contribution in [2.24, 2.45) is 5.92 Å². The molecule has 1 unspecified atom stereocenters. The third kappa shape index (κ3) is 4.60. The van der Waals surface area contributed by atoms with Crippen LogP contribution in [-0.4, -0.2) is 31.1 Å². The van der Waals surface area contributed by atoms with Crippen LogP contribution in [0.15, 0.2) is 24.3 Å². The molecule has 1 aromatic carbocycles. The maximum Gasteiger partial charge on any atom is 0.0231 e. The maximum absolute atomic E-state index is 3.71. The summed E-state index contributed by atoms with van der Waals surface area (Å²) in [7, 11) is 2.25. The molecule has 1 saturated carbocycles. The van der Waals surface area contributed by atoms with Crippen molar-refractivity contribution in [1.82, 2.24) is 10.2 Å². The molecule has 0 aliphatic heterocycles. The molecular formula is C18H30N2. The van der Waals surface area contributed by atoms with Crippen LogP contribution in [0.2, 0.25) is 0 Å². The maximum atomic E-state index is 3.71. The van der Waals surface area contributed by atoms with Gasteiger partial charge in [-0.2, -0.15) is 0 Å². The minimum absolute atomic E-state index is 0.664. The summed E-state index contributed by atoms with van der Waals surface area (Å²) in [5.74, 6) is 0.884. The number of hydrogen-bond acceptors (Lipinski definition) is 2. The van der Waals surface area contributed by atoms with Crippen molar-refractivity contribution in [2.75, 3.05) is 20.1 Å². The first kappa shape index (κ1) is 15.5. The summed E-state index contributed by atoms with van der Waals surface area (Å²) in [5.41, 5.74) is 2.78. The second kappa shape index (κ2) is 7.80. The molecule has 20 heavy (non-hydrogen) atoms. The molecule has 1 aliphatic carbocycles. The van der Waals surface area contributed by atoms with Gasteiger partial charge in [-0.15, -0.1) is 0 Å². The molecule has 0 saturated heterocycles. The van der Waals surface area contributed by atoms with Crippen molar-refractivity contribution < 1.29 is 0 Å². The lowest BCUT2D eigenvalue weighted by Gasteiger charge is -2.29. The van der Waals surface area contributed by atoms with Crippen LogP contribution in [0.4, 0.5) is 0 Å². The van der Waals surface area contributed by atoms with Crippen molar-refractivity contribution >= 4 is 0 Å². The molecule has 0 radical (unpaired) electrons. The third-order valence-electron chi connectivity index (χ3n) is 4.48. The van der Waals surface area contributed by atoms with E-state index >= 15 is 0 Å². The number of hydrogen-bond donors (Lipinski definition) is 1. The first-order valence-corrected chi connectivity index (χ1v) is 8.16. The van der Waals surface area contributed by atoms with Crippen molar-refractivity contribution in [3.05, 3.63) is 35.4 Å². The van der Waals surface area contributed by atoms with E-state index in [1.54, 1.807) is 0 Å². The largest absolute Gasteiger partial charge is 0.313 e. The lowest BCUT2D eigenvalue weighted by atomic mass is 9.97. The molecular weight excluding hydrogens is 244 g/mol. The van der Waals surface area contributed by atoms with Crippen LogP contribution in [-0.2, 0) is 6.54 Å². The van der Waals surface area contributed by atoms with Gasteiger partial charge in [-0.05, 0) is 44.8 Å². The van der Waals surface area contributed by atoms with E-state index in [9.17, 15) is 0 Å². The van der Waals surface area contributed by atoms with E-state index in [0.29, 0.717) is 6.04 Å². The summed E-state index contributed by atoms with van der Waals surface area (Å²) in [6.45, 7) is 7.69. The van der Waals surface area contributed by atoms with Crippen molar-refractivity contribution in [3.63, 3.8) is 0 Å². The Kier molecular flexibility index (Phi) is 6.06. The Labute approximate surface area is 124 Å². The molecule has 0 spiro atoms. The average Bonchev–Trinajstić information content (AvgIpc) is 2.92. The van der Waals surface area contributed by atoms with E-state index in [2.05, 4.69) is 55.4 Å². The first-order chi connectivity index (χ1) is 9.69. The molecule has 112 valence electrons. The molecule has 1 aromatic rings.